The van der Waals surface area contributed by atoms with E-state index >= 15 is 0 Å². The molecule has 1 fully saturated rings. The monoisotopic (exact) mass is 312 g/mol. The number of ether oxygens (including phenoxy) is 1. The standard InChI is InChI=1S/C16H24N2O2.ClH/c1-12(2)14-5-3-13(4-6-14)11-18-15(19)16(17)7-9-20-10-8-16;/h3-6,12H,7-11,17H2,1-2H3,(H,18,19);1H. The van der Waals surface area contributed by atoms with Crippen LogP contribution in [0.4, 0.5) is 0 Å². The summed E-state index contributed by atoms with van der Waals surface area (Å²) in [5.41, 5.74) is 7.77. The molecule has 1 aromatic rings. The van der Waals surface area contributed by atoms with Crippen LogP contribution in [0.25, 0.3) is 0 Å². The smallest absolute Gasteiger partial charge is 0.240 e. The fraction of sp³-hybridized carbons (Fsp3) is 0.562. The van der Waals surface area contributed by atoms with Gasteiger partial charge in [-0.3, -0.25) is 4.79 Å². The molecule has 2 rings (SSSR count). The minimum atomic E-state index is -0.768. The van der Waals surface area contributed by atoms with Crippen molar-refractivity contribution in [1.82, 2.24) is 5.32 Å². The Bertz CT molecular complexity index is 454. The molecule has 0 atom stereocenters. The lowest BCUT2D eigenvalue weighted by Crippen LogP contribution is -2.56. The fourth-order valence-electron chi connectivity index (χ4n) is 2.34. The predicted octanol–water partition coefficient (Wildman–Crippen LogP) is 2.36. The normalized spacial score (nSPS) is 17.1. The summed E-state index contributed by atoms with van der Waals surface area (Å²) in [6, 6.07) is 8.34. The van der Waals surface area contributed by atoms with Gasteiger partial charge >= 0.3 is 0 Å². The third-order valence-corrected chi connectivity index (χ3v) is 3.94. The van der Waals surface area contributed by atoms with Crippen LogP contribution in [0.3, 0.4) is 0 Å². The zero-order valence-electron chi connectivity index (χ0n) is 12.7. The van der Waals surface area contributed by atoms with E-state index in [9.17, 15) is 4.79 Å². The largest absolute Gasteiger partial charge is 0.381 e. The van der Waals surface area contributed by atoms with Crippen molar-refractivity contribution in [2.24, 2.45) is 5.73 Å². The molecule has 0 aromatic heterocycles. The van der Waals surface area contributed by atoms with Crippen molar-refractivity contribution in [2.45, 2.75) is 44.7 Å². The van der Waals surface area contributed by atoms with Crippen molar-refractivity contribution in [3.8, 4) is 0 Å². The van der Waals surface area contributed by atoms with Gasteiger partial charge in [-0.15, -0.1) is 12.4 Å². The van der Waals surface area contributed by atoms with E-state index in [1.165, 1.54) is 5.56 Å². The van der Waals surface area contributed by atoms with Gasteiger partial charge in [0.05, 0.1) is 5.54 Å². The number of carbonyl (C=O) groups is 1. The molecule has 1 amide bonds. The first-order valence-electron chi connectivity index (χ1n) is 7.25. The second-order valence-corrected chi connectivity index (χ2v) is 5.85. The molecule has 1 aliphatic rings. The second-order valence-electron chi connectivity index (χ2n) is 5.85. The van der Waals surface area contributed by atoms with Crippen LogP contribution in [0.15, 0.2) is 24.3 Å². The fourth-order valence-corrected chi connectivity index (χ4v) is 2.34. The lowest BCUT2D eigenvalue weighted by Gasteiger charge is -2.31. The first-order valence-corrected chi connectivity index (χ1v) is 7.25. The van der Waals surface area contributed by atoms with Gasteiger partial charge < -0.3 is 15.8 Å². The summed E-state index contributed by atoms with van der Waals surface area (Å²) in [6.07, 6.45) is 1.18. The molecular weight excluding hydrogens is 288 g/mol. The molecule has 5 heteroatoms. The molecule has 3 N–H and O–H groups in total. The molecule has 1 aromatic carbocycles. The average molecular weight is 313 g/mol. The number of benzene rings is 1. The number of hydrogen-bond acceptors (Lipinski definition) is 3. The Balaban J connectivity index is 0.00000220. The summed E-state index contributed by atoms with van der Waals surface area (Å²) in [4.78, 5) is 12.2. The quantitative estimate of drug-likeness (QED) is 0.897. The molecule has 4 nitrogen and oxygen atoms in total. The summed E-state index contributed by atoms with van der Waals surface area (Å²) in [5, 5.41) is 2.94. The van der Waals surface area contributed by atoms with Gasteiger partial charge in [-0.05, 0) is 29.9 Å². The molecule has 0 unspecified atom stereocenters. The Hall–Kier alpha value is -1.10. The van der Waals surface area contributed by atoms with Gasteiger partial charge in [-0.25, -0.2) is 0 Å². The van der Waals surface area contributed by atoms with E-state index in [1.54, 1.807) is 0 Å². The van der Waals surface area contributed by atoms with E-state index in [4.69, 9.17) is 10.5 Å². The van der Waals surface area contributed by atoms with Crippen molar-refractivity contribution in [3.63, 3.8) is 0 Å². The number of nitrogens with one attached hydrogen (secondary N) is 1. The van der Waals surface area contributed by atoms with Crippen LogP contribution in [0.2, 0.25) is 0 Å². The summed E-state index contributed by atoms with van der Waals surface area (Å²) >= 11 is 0. The maximum absolute atomic E-state index is 12.2. The van der Waals surface area contributed by atoms with E-state index in [1.807, 2.05) is 0 Å². The highest BCUT2D eigenvalue weighted by atomic mass is 35.5. The molecule has 118 valence electrons. The molecule has 0 spiro atoms. The molecule has 1 aliphatic heterocycles. The molecule has 0 aliphatic carbocycles. The van der Waals surface area contributed by atoms with Crippen molar-refractivity contribution in [3.05, 3.63) is 35.4 Å². The van der Waals surface area contributed by atoms with Gasteiger partial charge in [0.1, 0.15) is 0 Å². The molecule has 0 radical (unpaired) electrons. The highest BCUT2D eigenvalue weighted by Crippen LogP contribution is 2.18. The lowest BCUT2D eigenvalue weighted by atomic mass is 9.90. The third-order valence-electron chi connectivity index (χ3n) is 3.94. The summed E-state index contributed by atoms with van der Waals surface area (Å²) in [6.45, 7) is 5.98. The van der Waals surface area contributed by atoms with Crippen LogP contribution < -0.4 is 11.1 Å². The molecule has 1 heterocycles. The number of amides is 1. The van der Waals surface area contributed by atoms with Crippen LogP contribution in [0, 0.1) is 0 Å². The number of hydrogen-bond donors (Lipinski definition) is 2. The number of nitrogens with two attached hydrogens (primary N) is 1. The van der Waals surface area contributed by atoms with Crippen LogP contribution in [0.5, 0.6) is 0 Å². The third kappa shape index (κ3) is 4.70. The average Bonchev–Trinajstić information content (AvgIpc) is 2.46. The van der Waals surface area contributed by atoms with E-state index in [0.29, 0.717) is 38.5 Å². The van der Waals surface area contributed by atoms with E-state index in [2.05, 4.69) is 43.4 Å². The number of halogens is 1. The molecule has 0 saturated carbocycles. The van der Waals surface area contributed by atoms with E-state index in [0.717, 1.165) is 5.56 Å². The van der Waals surface area contributed by atoms with Gasteiger partial charge in [0.15, 0.2) is 0 Å². The minimum Gasteiger partial charge on any atom is -0.381 e. The highest BCUT2D eigenvalue weighted by molar-refractivity contribution is 5.86. The van der Waals surface area contributed by atoms with Crippen LogP contribution in [-0.2, 0) is 16.1 Å². The first kappa shape index (κ1) is 18.0. The van der Waals surface area contributed by atoms with E-state index < -0.39 is 5.54 Å². The van der Waals surface area contributed by atoms with Gasteiger partial charge in [-0.2, -0.15) is 0 Å². The molecule has 21 heavy (non-hydrogen) atoms. The highest BCUT2D eigenvalue weighted by Gasteiger charge is 2.35. The van der Waals surface area contributed by atoms with Crippen molar-refractivity contribution in [2.75, 3.05) is 13.2 Å². The zero-order valence-corrected chi connectivity index (χ0v) is 13.5. The topological polar surface area (TPSA) is 64.4 Å². The Kier molecular flexibility index (Phi) is 6.65. The maximum atomic E-state index is 12.2. The van der Waals surface area contributed by atoms with Crippen molar-refractivity contribution in [1.29, 1.82) is 0 Å². The van der Waals surface area contributed by atoms with Crippen LogP contribution in [0.1, 0.15) is 43.7 Å². The summed E-state index contributed by atoms with van der Waals surface area (Å²) < 4.78 is 5.25. The Morgan fingerprint density at radius 2 is 1.86 bits per heavy atom. The number of rotatable bonds is 4. The second kappa shape index (κ2) is 7.78. The Labute approximate surface area is 132 Å². The molecule has 1 saturated heterocycles. The molecular formula is C16H25ClN2O2. The van der Waals surface area contributed by atoms with Crippen molar-refractivity contribution < 1.29 is 9.53 Å². The lowest BCUT2D eigenvalue weighted by molar-refractivity contribution is -0.129. The Morgan fingerprint density at radius 3 is 2.38 bits per heavy atom. The minimum absolute atomic E-state index is 0. The van der Waals surface area contributed by atoms with Gasteiger partial charge in [0.25, 0.3) is 0 Å². The van der Waals surface area contributed by atoms with Crippen molar-refractivity contribution >= 4 is 18.3 Å². The predicted molar refractivity (Wildman–Crippen MR) is 86.6 cm³/mol. The Morgan fingerprint density at radius 1 is 1.29 bits per heavy atom. The van der Waals surface area contributed by atoms with Crippen LogP contribution in [-0.4, -0.2) is 24.7 Å². The maximum Gasteiger partial charge on any atom is 0.240 e. The zero-order chi connectivity index (χ0) is 14.6. The number of carbonyl (C=O) groups excluding carboxylic acids is 1. The summed E-state index contributed by atoms with van der Waals surface area (Å²) in [5.74, 6) is 0.446. The SMILES string of the molecule is CC(C)c1ccc(CNC(=O)C2(N)CCOCC2)cc1.Cl. The summed E-state index contributed by atoms with van der Waals surface area (Å²) in [7, 11) is 0. The van der Waals surface area contributed by atoms with Gasteiger partial charge in [0.2, 0.25) is 5.91 Å². The molecule has 0 bridgehead atoms. The van der Waals surface area contributed by atoms with Gasteiger partial charge in [-0.1, -0.05) is 38.1 Å². The van der Waals surface area contributed by atoms with Gasteiger partial charge in [0, 0.05) is 19.8 Å². The van der Waals surface area contributed by atoms with E-state index in [-0.39, 0.29) is 18.3 Å². The first-order chi connectivity index (χ1) is 9.51. The van der Waals surface area contributed by atoms with Crippen LogP contribution >= 0.6 is 12.4 Å².